The molecule has 2 aliphatic rings. The second-order valence-corrected chi connectivity index (χ2v) is 10.9. The van der Waals surface area contributed by atoms with E-state index in [1.807, 2.05) is 19.1 Å². The quantitative estimate of drug-likeness (QED) is 0.280. The number of amides is 1. The number of thiocarbonyl (C=S) groups is 1. The molecule has 1 aliphatic carbocycles. The van der Waals surface area contributed by atoms with Crippen LogP contribution in [0.2, 0.25) is 0 Å². The number of halogens is 3. The third kappa shape index (κ3) is 5.69. The van der Waals surface area contributed by atoms with E-state index in [2.05, 4.69) is 5.32 Å². The van der Waals surface area contributed by atoms with E-state index in [0.29, 0.717) is 18.4 Å². The maximum atomic E-state index is 14.2. The van der Waals surface area contributed by atoms with Gasteiger partial charge in [-0.05, 0) is 74.7 Å². The van der Waals surface area contributed by atoms with Gasteiger partial charge in [0.1, 0.15) is 0 Å². The minimum absolute atomic E-state index is 0.0126. The van der Waals surface area contributed by atoms with Crippen LogP contribution in [0.5, 0.6) is 0 Å². The number of hydrogen-bond acceptors (Lipinski definition) is 5. The van der Waals surface area contributed by atoms with Crippen molar-refractivity contribution in [2.45, 2.75) is 70.5 Å². The summed E-state index contributed by atoms with van der Waals surface area (Å²) in [5.41, 5.74) is -2.27. The number of benzene rings is 2. The smallest absolute Gasteiger partial charge is 0.416 e. The molecule has 1 saturated carbocycles. The zero-order valence-corrected chi connectivity index (χ0v) is 23.1. The van der Waals surface area contributed by atoms with Gasteiger partial charge in [-0.15, -0.1) is 0 Å². The molecule has 1 saturated heterocycles. The highest BCUT2D eigenvalue weighted by molar-refractivity contribution is 7.80. The van der Waals surface area contributed by atoms with E-state index < -0.39 is 34.6 Å². The molecule has 2 atom stereocenters. The number of nitrogens with one attached hydrogen (secondary N) is 1. The number of hydrogen-bond donors (Lipinski definition) is 1. The van der Waals surface area contributed by atoms with E-state index in [0.717, 1.165) is 61.9 Å². The van der Waals surface area contributed by atoms with E-state index >= 15 is 0 Å². The predicted octanol–water partition coefficient (Wildman–Crippen LogP) is 6.91. The summed E-state index contributed by atoms with van der Waals surface area (Å²) in [4.78, 5) is 28.0. The van der Waals surface area contributed by atoms with Crippen LogP contribution in [0.25, 0.3) is 0 Å². The van der Waals surface area contributed by atoms with E-state index in [1.165, 1.54) is 0 Å². The molecule has 2 fully saturated rings. The van der Waals surface area contributed by atoms with Crippen LogP contribution in [0, 0.1) is 18.3 Å². The standard InChI is InChI=1S/C30H34F3NO4S/c1-3-37-26(36)29(23-13-9-20(2)10-14-23,34-25(35)22-11-15-24(16-12-22)30(31,32)33)28(17-18-38-27(28)39)19-21-7-5-4-6-8-21/h9-16,21H,3-8,17-19H2,1-2H3,(H,34,35). The number of alkyl halides is 3. The summed E-state index contributed by atoms with van der Waals surface area (Å²) < 4.78 is 51.0. The molecule has 5 nitrogen and oxygen atoms in total. The van der Waals surface area contributed by atoms with Crippen LogP contribution in [-0.2, 0) is 26.0 Å². The molecule has 4 rings (SSSR count). The van der Waals surface area contributed by atoms with Gasteiger partial charge in [-0.25, -0.2) is 4.79 Å². The lowest BCUT2D eigenvalue weighted by Gasteiger charge is -2.47. The van der Waals surface area contributed by atoms with Crippen LogP contribution in [0.1, 0.15) is 78.9 Å². The molecule has 210 valence electrons. The predicted molar refractivity (Wildman–Crippen MR) is 145 cm³/mol. The number of carbonyl (C=O) groups is 2. The van der Waals surface area contributed by atoms with Gasteiger partial charge in [0.2, 0.25) is 0 Å². The van der Waals surface area contributed by atoms with Crippen LogP contribution < -0.4 is 5.32 Å². The summed E-state index contributed by atoms with van der Waals surface area (Å²) in [7, 11) is 0. The zero-order valence-electron chi connectivity index (χ0n) is 22.2. The van der Waals surface area contributed by atoms with Crippen LogP contribution in [0.3, 0.4) is 0 Å². The first-order valence-electron chi connectivity index (χ1n) is 13.4. The second kappa shape index (κ2) is 11.7. The van der Waals surface area contributed by atoms with Crippen LogP contribution in [-0.4, -0.2) is 30.1 Å². The minimum atomic E-state index is -4.54. The monoisotopic (exact) mass is 561 g/mol. The molecule has 0 radical (unpaired) electrons. The minimum Gasteiger partial charge on any atom is -0.486 e. The molecule has 0 spiro atoms. The molecule has 1 aliphatic heterocycles. The normalized spacial score (nSPS) is 21.6. The summed E-state index contributed by atoms with van der Waals surface area (Å²) in [6.07, 6.45) is 1.62. The van der Waals surface area contributed by atoms with E-state index in [1.54, 1.807) is 19.1 Å². The molecule has 2 aromatic carbocycles. The second-order valence-electron chi connectivity index (χ2n) is 10.5. The van der Waals surface area contributed by atoms with E-state index in [-0.39, 0.29) is 29.7 Å². The van der Waals surface area contributed by atoms with Gasteiger partial charge in [0.05, 0.1) is 24.2 Å². The first-order chi connectivity index (χ1) is 18.5. The zero-order chi connectivity index (χ0) is 28.3. The Morgan fingerprint density at radius 3 is 2.18 bits per heavy atom. The summed E-state index contributed by atoms with van der Waals surface area (Å²) in [6.45, 7) is 3.95. The summed E-state index contributed by atoms with van der Waals surface area (Å²) in [5.74, 6) is -1.10. The Kier molecular flexibility index (Phi) is 8.69. The summed E-state index contributed by atoms with van der Waals surface area (Å²) in [6, 6.07) is 11.2. The topological polar surface area (TPSA) is 64.6 Å². The van der Waals surface area contributed by atoms with Gasteiger partial charge in [-0.1, -0.05) is 61.9 Å². The van der Waals surface area contributed by atoms with Crippen molar-refractivity contribution in [1.29, 1.82) is 0 Å². The Morgan fingerprint density at radius 1 is 1.03 bits per heavy atom. The lowest BCUT2D eigenvalue weighted by Crippen LogP contribution is -2.65. The Hall–Kier alpha value is -2.94. The van der Waals surface area contributed by atoms with Crippen molar-refractivity contribution in [3.63, 3.8) is 0 Å². The number of carbonyl (C=O) groups excluding carboxylic acids is 2. The number of aryl methyl sites for hydroxylation is 1. The molecule has 1 amide bonds. The van der Waals surface area contributed by atoms with Crippen LogP contribution in [0.4, 0.5) is 13.2 Å². The largest absolute Gasteiger partial charge is 0.486 e. The van der Waals surface area contributed by atoms with Gasteiger partial charge >= 0.3 is 12.1 Å². The first-order valence-corrected chi connectivity index (χ1v) is 13.9. The third-order valence-electron chi connectivity index (χ3n) is 8.07. The average Bonchev–Trinajstić information content (AvgIpc) is 3.28. The Balaban J connectivity index is 1.88. The SMILES string of the molecule is CCOC(=O)C(NC(=O)c1ccc(C(F)(F)F)cc1)(c1ccc(C)cc1)C1(CC2CCCCC2)CCOC1=S. The highest BCUT2D eigenvalue weighted by Crippen LogP contribution is 2.54. The van der Waals surface area contributed by atoms with Crippen LogP contribution >= 0.6 is 12.2 Å². The van der Waals surface area contributed by atoms with Crippen LogP contribution in [0.15, 0.2) is 48.5 Å². The van der Waals surface area contributed by atoms with Crippen molar-refractivity contribution in [2.24, 2.45) is 11.3 Å². The van der Waals surface area contributed by atoms with Gasteiger partial charge in [-0.2, -0.15) is 13.2 Å². The van der Waals surface area contributed by atoms with Gasteiger partial charge in [0.15, 0.2) is 10.6 Å². The molecule has 9 heteroatoms. The molecule has 0 aromatic heterocycles. The molecular formula is C30H34F3NO4S. The average molecular weight is 562 g/mol. The van der Waals surface area contributed by atoms with Gasteiger partial charge < -0.3 is 14.8 Å². The molecule has 39 heavy (non-hydrogen) atoms. The maximum absolute atomic E-state index is 14.2. The van der Waals surface area contributed by atoms with E-state index in [4.69, 9.17) is 21.7 Å². The molecule has 1 N–H and O–H groups in total. The molecular weight excluding hydrogens is 527 g/mol. The third-order valence-corrected chi connectivity index (χ3v) is 8.58. The fourth-order valence-electron chi connectivity index (χ4n) is 6.05. The molecule has 0 bridgehead atoms. The fraction of sp³-hybridized carbons (Fsp3) is 0.500. The number of rotatable bonds is 8. The Bertz CT molecular complexity index is 1190. The lowest BCUT2D eigenvalue weighted by molar-refractivity contribution is -0.156. The van der Waals surface area contributed by atoms with Crippen molar-refractivity contribution in [3.8, 4) is 0 Å². The maximum Gasteiger partial charge on any atom is 0.416 e. The van der Waals surface area contributed by atoms with Crippen molar-refractivity contribution in [3.05, 3.63) is 70.8 Å². The lowest BCUT2D eigenvalue weighted by atomic mass is 9.60. The van der Waals surface area contributed by atoms with Gasteiger partial charge in [0.25, 0.3) is 5.91 Å². The summed E-state index contributed by atoms with van der Waals surface area (Å²) >= 11 is 5.82. The van der Waals surface area contributed by atoms with Crippen molar-refractivity contribution in [2.75, 3.05) is 13.2 Å². The number of ether oxygens (including phenoxy) is 2. The van der Waals surface area contributed by atoms with Gasteiger partial charge in [0, 0.05) is 5.56 Å². The van der Waals surface area contributed by atoms with Crippen molar-refractivity contribution >= 4 is 29.1 Å². The Labute approximate surface area is 232 Å². The molecule has 1 heterocycles. The highest BCUT2D eigenvalue weighted by atomic mass is 32.1. The number of esters is 1. The van der Waals surface area contributed by atoms with Crippen molar-refractivity contribution in [1.82, 2.24) is 5.32 Å². The molecule has 2 aromatic rings. The van der Waals surface area contributed by atoms with Gasteiger partial charge in [-0.3, -0.25) is 4.79 Å². The highest BCUT2D eigenvalue weighted by Gasteiger charge is 2.65. The first kappa shape index (κ1) is 29.1. The Morgan fingerprint density at radius 2 is 1.64 bits per heavy atom. The van der Waals surface area contributed by atoms with E-state index in [9.17, 15) is 22.8 Å². The fourth-order valence-corrected chi connectivity index (χ4v) is 6.47. The summed E-state index contributed by atoms with van der Waals surface area (Å²) in [5, 5.41) is 3.21. The van der Waals surface area contributed by atoms with Crippen molar-refractivity contribution < 1.29 is 32.2 Å². The molecule has 2 unspecified atom stereocenters.